The molecule has 0 aromatic heterocycles. The number of rotatable bonds is 10. The van der Waals surface area contributed by atoms with Gasteiger partial charge in [-0.15, -0.1) is 0 Å². The van der Waals surface area contributed by atoms with Gasteiger partial charge in [0.2, 0.25) is 0 Å². The van der Waals surface area contributed by atoms with E-state index in [1.807, 2.05) is 12.1 Å². The van der Waals surface area contributed by atoms with Crippen LogP contribution in [-0.4, -0.2) is 29.1 Å². The first-order valence-corrected chi connectivity index (χ1v) is 11.7. The molecular weight excluding hydrogens is 477 g/mol. The Morgan fingerprint density at radius 2 is 1.83 bits per heavy atom. The molecule has 1 atom stereocenters. The number of nitrogens with one attached hydrogen (secondary N) is 1. The monoisotopic (exact) mass is 493 g/mol. The number of hydrogen-bond donors (Lipinski definition) is 2. The quantitative estimate of drug-likeness (QED) is 0.315. The van der Waals surface area contributed by atoms with Crippen LogP contribution in [0.2, 0.25) is 10.0 Å². The van der Waals surface area contributed by atoms with Crippen molar-refractivity contribution >= 4 is 57.9 Å². The van der Waals surface area contributed by atoms with Crippen LogP contribution in [0, 0.1) is 0 Å². The van der Waals surface area contributed by atoms with Crippen LogP contribution in [0.1, 0.15) is 0 Å². The Balaban J connectivity index is 1.96. The predicted octanol–water partition coefficient (Wildman–Crippen LogP) is 5.94. The summed E-state index contributed by atoms with van der Waals surface area (Å²) in [6.07, 6.45) is 4.34. The van der Waals surface area contributed by atoms with Gasteiger partial charge in [-0.2, -0.15) is 0 Å². The van der Waals surface area contributed by atoms with Gasteiger partial charge in [-0.3, -0.25) is 0 Å². The van der Waals surface area contributed by atoms with Gasteiger partial charge in [0.05, 0.1) is 27.6 Å². The van der Waals surface area contributed by atoms with Crippen LogP contribution in [0.15, 0.2) is 69.8 Å². The molecule has 0 saturated heterocycles. The minimum atomic E-state index is -1.24. The first-order valence-electron chi connectivity index (χ1n) is 8.14. The lowest BCUT2D eigenvalue weighted by Crippen LogP contribution is -2.17. The molecule has 0 aliphatic heterocycles. The molecule has 2 aromatic carbocycles. The second kappa shape index (κ2) is 12.4. The van der Waals surface area contributed by atoms with Crippen molar-refractivity contribution in [1.29, 1.82) is 0 Å². The average Bonchev–Trinajstić information content (AvgIpc) is 2.68. The highest BCUT2D eigenvalue weighted by Crippen LogP contribution is 2.39. The Morgan fingerprint density at radius 3 is 2.41 bits per heavy atom. The van der Waals surface area contributed by atoms with Crippen LogP contribution in [0.4, 0.5) is 0 Å². The molecule has 0 aliphatic rings. The van der Waals surface area contributed by atoms with E-state index in [9.17, 15) is 9.66 Å². The molecule has 156 valence electrons. The van der Waals surface area contributed by atoms with Gasteiger partial charge in [0.1, 0.15) is 31.0 Å². The fraction of sp³-hybridized carbons (Fsp3) is 0.158. The summed E-state index contributed by atoms with van der Waals surface area (Å²) in [6, 6.07) is 10.8. The van der Waals surface area contributed by atoms with E-state index in [0.717, 1.165) is 9.79 Å². The summed E-state index contributed by atoms with van der Waals surface area (Å²) in [6.45, 7) is 0.232. The summed E-state index contributed by atoms with van der Waals surface area (Å²) >= 11 is 18.2. The third-order valence-corrected chi connectivity index (χ3v) is 5.39. The fourth-order valence-electron chi connectivity index (χ4n) is 1.99. The van der Waals surface area contributed by atoms with E-state index < -0.39 is 11.4 Å². The van der Waals surface area contributed by atoms with Crippen molar-refractivity contribution in [1.82, 2.24) is 4.72 Å². The Kier molecular flexibility index (Phi) is 10.2. The van der Waals surface area contributed by atoms with Gasteiger partial charge < -0.3 is 19.1 Å². The van der Waals surface area contributed by atoms with E-state index in [1.54, 1.807) is 30.3 Å². The topological polar surface area (TPSA) is 73.8 Å². The van der Waals surface area contributed by atoms with Gasteiger partial charge in [-0.1, -0.05) is 46.6 Å². The zero-order valence-corrected chi connectivity index (χ0v) is 19.1. The minimum Gasteiger partial charge on any atom is -0.593 e. The molecule has 0 aliphatic carbocycles. The largest absolute Gasteiger partial charge is 0.593 e. The second-order valence-electron chi connectivity index (χ2n) is 5.46. The summed E-state index contributed by atoms with van der Waals surface area (Å²) < 4.78 is 24.3. The van der Waals surface area contributed by atoms with Crippen molar-refractivity contribution in [3.05, 3.63) is 70.0 Å². The molecule has 2 rings (SSSR count). The van der Waals surface area contributed by atoms with Crippen molar-refractivity contribution in [3.63, 3.8) is 0 Å². The molecule has 0 spiro atoms. The maximum Gasteiger partial charge on any atom is 0.157 e. The van der Waals surface area contributed by atoms with E-state index in [-0.39, 0.29) is 19.0 Å². The molecule has 10 heteroatoms. The van der Waals surface area contributed by atoms with Crippen LogP contribution >= 0.6 is 46.6 Å². The number of benzene rings is 2. The fourth-order valence-corrected chi connectivity index (χ4v) is 3.99. The molecule has 0 bridgehead atoms. The lowest BCUT2D eigenvalue weighted by atomic mass is 10.3. The molecular formula is C19H18Cl3NO4S2. The third-order valence-electron chi connectivity index (χ3n) is 3.22. The minimum absolute atomic E-state index is 0.0394. The molecule has 2 aromatic rings. The summed E-state index contributed by atoms with van der Waals surface area (Å²) in [5.41, 5.74) is 1.36. The summed E-state index contributed by atoms with van der Waals surface area (Å²) in [7, 11) is 0. The zero-order valence-electron chi connectivity index (χ0n) is 15.2. The van der Waals surface area contributed by atoms with Crippen molar-refractivity contribution in [2.75, 3.05) is 19.5 Å². The number of ether oxygens (including phenoxy) is 2. The molecule has 0 amide bonds. The average molecular weight is 495 g/mol. The van der Waals surface area contributed by atoms with Gasteiger partial charge in [0, 0.05) is 15.3 Å². The lowest BCUT2D eigenvalue weighted by Gasteiger charge is -2.11. The van der Waals surface area contributed by atoms with Crippen LogP contribution in [-0.2, 0) is 11.4 Å². The number of hydrogen-bond acceptors (Lipinski definition) is 6. The Labute approximate surface area is 191 Å². The molecule has 2 N–H and O–H groups in total. The van der Waals surface area contributed by atoms with Crippen molar-refractivity contribution in [3.8, 4) is 11.5 Å². The van der Waals surface area contributed by atoms with Gasteiger partial charge >= 0.3 is 0 Å². The lowest BCUT2D eigenvalue weighted by molar-refractivity contribution is 0.269. The van der Waals surface area contributed by atoms with E-state index in [0.29, 0.717) is 21.5 Å². The Morgan fingerprint density at radius 1 is 1.17 bits per heavy atom. The summed E-state index contributed by atoms with van der Waals surface area (Å²) in [4.78, 5) is 1.80. The van der Waals surface area contributed by atoms with Gasteiger partial charge in [0.15, 0.2) is 5.75 Å². The van der Waals surface area contributed by atoms with Crippen LogP contribution < -0.4 is 14.2 Å². The van der Waals surface area contributed by atoms with E-state index >= 15 is 0 Å². The van der Waals surface area contributed by atoms with Gasteiger partial charge in [0.25, 0.3) is 0 Å². The number of halogens is 3. The molecule has 0 fully saturated rings. The standard InChI is InChI=1S/C19H18Cl3NO4S2/c1-29(25)23-11-13(24)12-27-14-3-5-15(6-4-14)28-16-9-17(21)19(18(22)10-16)26-8-2-7-20/h2-7,9-11,23-24H,8,12H2,1H3/b7-2+,13-11-. The number of aliphatic hydroxyl groups excluding tert-OH is 1. The van der Waals surface area contributed by atoms with Crippen molar-refractivity contribution < 1.29 is 19.1 Å². The molecule has 0 radical (unpaired) electrons. The number of aliphatic hydroxyl groups is 1. The van der Waals surface area contributed by atoms with Crippen molar-refractivity contribution in [2.24, 2.45) is 0 Å². The summed E-state index contributed by atoms with van der Waals surface area (Å²) in [5, 5.41) is 10.5. The van der Waals surface area contributed by atoms with Crippen LogP contribution in [0.3, 0.4) is 0 Å². The van der Waals surface area contributed by atoms with Gasteiger partial charge in [-0.25, -0.2) is 4.72 Å². The summed E-state index contributed by atoms with van der Waals surface area (Å²) in [5.74, 6) is 0.927. The van der Waals surface area contributed by atoms with Gasteiger partial charge in [-0.05, 0) is 42.5 Å². The SMILES string of the molecule is C[S+]([O-])N/C=C(\O)COc1ccc(Sc2cc(Cl)c(OC/C=C/Cl)c(Cl)c2)cc1. The van der Waals surface area contributed by atoms with Crippen LogP contribution in [0.25, 0.3) is 0 Å². The third kappa shape index (κ3) is 8.50. The zero-order chi connectivity index (χ0) is 21.2. The molecule has 0 heterocycles. The smallest absolute Gasteiger partial charge is 0.157 e. The van der Waals surface area contributed by atoms with E-state index in [1.165, 1.54) is 29.8 Å². The Bertz CT molecular complexity index is 838. The highest BCUT2D eigenvalue weighted by atomic mass is 35.5. The molecule has 5 nitrogen and oxygen atoms in total. The Hall–Kier alpha value is -1.35. The highest BCUT2D eigenvalue weighted by Gasteiger charge is 2.10. The van der Waals surface area contributed by atoms with Crippen molar-refractivity contribution in [2.45, 2.75) is 9.79 Å². The highest BCUT2D eigenvalue weighted by molar-refractivity contribution is 7.99. The first kappa shape index (κ1) is 23.9. The molecule has 1 unspecified atom stereocenters. The maximum absolute atomic E-state index is 10.9. The second-order valence-corrected chi connectivity index (χ2v) is 8.82. The predicted molar refractivity (Wildman–Crippen MR) is 121 cm³/mol. The first-order chi connectivity index (χ1) is 13.9. The van der Waals surface area contributed by atoms with E-state index in [2.05, 4.69) is 4.72 Å². The van der Waals surface area contributed by atoms with Crippen LogP contribution in [0.5, 0.6) is 11.5 Å². The normalized spacial score (nSPS) is 12.8. The van der Waals surface area contributed by atoms with E-state index in [4.69, 9.17) is 44.3 Å². The maximum atomic E-state index is 10.9. The molecule has 29 heavy (non-hydrogen) atoms. The molecule has 0 saturated carbocycles.